The average Bonchev–Trinajstić information content (AvgIpc) is 3.13. The van der Waals surface area contributed by atoms with E-state index in [1.165, 1.54) is 17.7 Å². The minimum atomic E-state index is -0.0973. The Morgan fingerprint density at radius 1 is 1.33 bits per heavy atom. The Labute approximate surface area is 124 Å². The first-order valence-corrected chi connectivity index (χ1v) is 7.55. The maximum absolute atomic E-state index is 12.3. The molecule has 1 aliphatic carbocycles. The molecule has 6 nitrogen and oxygen atoms in total. The summed E-state index contributed by atoms with van der Waals surface area (Å²) in [5, 5.41) is 0. The summed E-state index contributed by atoms with van der Waals surface area (Å²) in [5.41, 5.74) is 0.457. The number of nitrogens with zero attached hydrogens (tertiary/aromatic N) is 4. The Balaban J connectivity index is 1.79. The molecule has 1 atom stereocenters. The van der Waals surface area contributed by atoms with Crippen LogP contribution in [-0.4, -0.2) is 51.8 Å². The van der Waals surface area contributed by atoms with Crippen molar-refractivity contribution in [3.05, 3.63) is 17.7 Å². The predicted octanol–water partition coefficient (Wildman–Crippen LogP) is 1.29. The van der Waals surface area contributed by atoms with E-state index in [-0.39, 0.29) is 17.9 Å². The number of hydrogen-bond acceptors (Lipinski definition) is 3. The summed E-state index contributed by atoms with van der Waals surface area (Å²) >= 11 is 0. The van der Waals surface area contributed by atoms with E-state index in [1.54, 1.807) is 20.3 Å². The van der Waals surface area contributed by atoms with Gasteiger partial charge in [-0.1, -0.05) is 0 Å². The van der Waals surface area contributed by atoms with Gasteiger partial charge in [-0.2, -0.15) is 0 Å². The fraction of sp³-hybridized carbons (Fsp3) is 0.667. The first-order chi connectivity index (χ1) is 9.97. The monoisotopic (exact) mass is 290 g/mol. The first-order valence-electron chi connectivity index (χ1n) is 7.55. The highest BCUT2D eigenvalue weighted by atomic mass is 16.2. The highest BCUT2D eigenvalue weighted by molar-refractivity contribution is 5.91. The van der Waals surface area contributed by atoms with Gasteiger partial charge < -0.3 is 14.4 Å². The van der Waals surface area contributed by atoms with E-state index in [0.717, 1.165) is 5.82 Å². The zero-order valence-corrected chi connectivity index (χ0v) is 12.9. The molecule has 0 radical (unpaired) electrons. The quantitative estimate of drug-likeness (QED) is 0.843. The molecule has 1 saturated carbocycles. The Hall–Kier alpha value is -1.85. The van der Waals surface area contributed by atoms with Gasteiger partial charge in [0.15, 0.2) is 0 Å². The van der Waals surface area contributed by atoms with Crippen molar-refractivity contribution >= 4 is 11.8 Å². The maximum Gasteiger partial charge on any atom is 0.273 e. The largest absolute Gasteiger partial charge is 0.343 e. The van der Waals surface area contributed by atoms with Gasteiger partial charge in [-0.15, -0.1) is 0 Å². The lowest BCUT2D eigenvalue weighted by molar-refractivity contribution is -0.134. The summed E-state index contributed by atoms with van der Waals surface area (Å²) in [6.07, 6.45) is 4.83. The van der Waals surface area contributed by atoms with Crippen LogP contribution in [0, 0.1) is 5.92 Å². The van der Waals surface area contributed by atoms with Gasteiger partial charge in [-0.25, -0.2) is 4.98 Å². The van der Waals surface area contributed by atoms with Crippen LogP contribution >= 0.6 is 0 Å². The van der Waals surface area contributed by atoms with E-state index < -0.39 is 0 Å². The number of fused-ring (bicyclic) bond motifs is 1. The van der Waals surface area contributed by atoms with Crippen LogP contribution in [0.15, 0.2) is 6.20 Å². The van der Waals surface area contributed by atoms with Gasteiger partial charge in [-0.05, 0) is 25.7 Å². The summed E-state index contributed by atoms with van der Waals surface area (Å²) in [6, 6.07) is -0.0614. The lowest BCUT2D eigenvalue weighted by Crippen LogP contribution is -2.41. The molecule has 1 aliphatic heterocycles. The van der Waals surface area contributed by atoms with Crippen molar-refractivity contribution < 1.29 is 9.59 Å². The molecule has 0 spiro atoms. The zero-order valence-electron chi connectivity index (χ0n) is 12.9. The fourth-order valence-corrected chi connectivity index (χ4v) is 2.85. The van der Waals surface area contributed by atoms with Crippen molar-refractivity contribution in [2.24, 2.45) is 5.92 Å². The molecule has 0 aromatic carbocycles. The number of carbonyl (C=O) groups excluding carboxylic acids is 2. The summed E-state index contributed by atoms with van der Waals surface area (Å²) < 4.78 is 2.00. The molecule has 0 N–H and O–H groups in total. The van der Waals surface area contributed by atoms with E-state index in [4.69, 9.17) is 0 Å². The molecule has 1 fully saturated rings. The number of carbonyl (C=O) groups is 2. The molecule has 21 heavy (non-hydrogen) atoms. The number of hydrogen-bond donors (Lipinski definition) is 0. The van der Waals surface area contributed by atoms with Crippen molar-refractivity contribution in [3.8, 4) is 0 Å². The van der Waals surface area contributed by atoms with Crippen LogP contribution in [0.25, 0.3) is 0 Å². The van der Waals surface area contributed by atoms with Gasteiger partial charge >= 0.3 is 0 Å². The van der Waals surface area contributed by atoms with Gasteiger partial charge in [0.1, 0.15) is 11.5 Å². The second kappa shape index (κ2) is 5.16. The third-order valence-electron chi connectivity index (χ3n) is 4.34. The number of amides is 2. The number of rotatable bonds is 3. The number of imidazole rings is 1. The van der Waals surface area contributed by atoms with Crippen LogP contribution < -0.4 is 0 Å². The molecule has 0 saturated heterocycles. The Morgan fingerprint density at radius 3 is 2.67 bits per heavy atom. The fourth-order valence-electron chi connectivity index (χ4n) is 2.85. The standard InChI is InChI=1S/C15H22N4O2/c1-10-14-16-12(15(21)17(2)3)9-18(14)6-7-19(10)13(20)8-11-4-5-11/h9-11H,4-8H2,1-3H3/t10-/m1/s1. The Bertz CT molecular complexity index is 574. The van der Waals surface area contributed by atoms with E-state index in [0.29, 0.717) is 31.1 Å². The zero-order chi connectivity index (χ0) is 15.1. The van der Waals surface area contributed by atoms with Crippen molar-refractivity contribution in [1.82, 2.24) is 19.4 Å². The van der Waals surface area contributed by atoms with Crippen molar-refractivity contribution in [2.45, 2.75) is 38.8 Å². The van der Waals surface area contributed by atoms with Crippen molar-refractivity contribution in [2.75, 3.05) is 20.6 Å². The molecule has 0 unspecified atom stereocenters. The second-order valence-electron chi connectivity index (χ2n) is 6.29. The molecule has 1 aromatic rings. The molecular formula is C15H22N4O2. The molecule has 6 heteroatoms. The smallest absolute Gasteiger partial charge is 0.273 e. The molecule has 2 amide bonds. The lowest BCUT2D eigenvalue weighted by Gasteiger charge is -2.33. The summed E-state index contributed by atoms with van der Waals surface area (Å²) in [4.78, 5) is 32.2. The second-order valence-corrected chi connectivity index (χ2v) is 6.29. The average molecular weight is 290 g/mol. The molecule has 2 heterocycles. The van der Waals surface area contributed by atoms with E-state index in [9.17, 15) is 9.59 Å². The van der Waals surface area contributed by atoms with Gasteiger partial charge in [-0.3, -0.25) is 9.59 Å². The minimum absolute atomic E-state index is 0.0614. The molecule has 0 bridgehead atoms. The molecule has 114 valence electrons. The van der Waals surface area contributed by atoms with Crippen LogP contribution in [0.1, 0.15) is 48.5 Å². The summed E-state index contributed by atoms with van der Waals surface area (Å²) in [6.45, 7) is 3.40. The van der Waals surface area contributed by atoms with Crippen LogP contribution in [0.3, 0.4) is 0 Å². The molecule has 1 aromatic heterocycles. The Morgan fingerprint density at radius 2 is 2.05 bits per heavy atom. The molecule has 2 aliphatic rings. The highest BCUT2D eigenvalue weighted by Gasteiger charge is 2.33. The van der Waals surface area contributed by atoms with Crippen LogP contribution in [-0.2, 0) is 11.3 Å². The maximum atomic E-state index is 12.3. The predicted molar refractivity (Wildman–Crippen MR) is 77.7 cm³/mol. The summed E-state index contributed by atoms with van der Waals surface area (Å²) in [5.74, 6) is 1.53. The third kappa shape index (κ3) is 2.66. The van der Waals surface area contributed by atoms with E-state index in [1.807, 2.05) is 16.4 Å². The van der Waals surface area contributed by atoms with Gasteiger partial charge in [0, 0.05) is 39.8 Å². The topological polar surface area (TPSA) is 58.4 Å². The number of aromatic nitrogens is 2. The van der Waals surface area contributed by atoms with Gasteiger partial charge in [0.2, 0.25) is 5.91 Å². The van der Waals surface area contributed by atoms with E-state index in [2.05, 4.69) is 4.98 Å². The van der Waals surface area contributed by atoms with Crippen LogP contribution in [0.2, 0.25) is 0 Å². The summed E-state index contributed by atoms with van der Waals surface area (Å²) in [7, 11) is 3.44. The van der Waals surface area contributed by atoms with Gasteiger partial charge in [0.05, 0.1) is 6.04 Å². The van der Waals surface area contributed by atoms with Crippen LogP contribution in [0.4, 0.5) is 0 Å². The molecular weight excluding hydrogens is 268 g/mol. The van der Waals surface area contributed by atoms with Gasteiger partial charge in [0.25, 0.3) is 5.91 Å². The first kappa shape index (κ1) is 14.1. The highest BCUT2D eigenvalue weighted by Crippen LogP contribution is 2.34. The van der Waals surface area contributed by atoms with Crippen molar-refractivity contribution in [1.29, 1.82) is 0 Å². The van der Waals surface area contributed by atoms with Crippen LogP contribution in [0.5, 0.6) is 0 Å². The third-order valence-corrected chi connectivity index (χ3v) is 4.34. The minimum Gasteiger partial charge on any atom is -0.343 e. The lowest BCUT2D eigenvalue weighted by atomic mass is 10.1. The Kier molecular flexibility index (Phi) is 3.47. The van der Waals surface area contributed by atoms with Crippen molar-refractivity contribution in [3.63, 3.8) is 0 Å². The molecule has 3 rings (SSSR count). The normalized spacial score (nSPS) is 21.1. The van der Waals surface area contributed by atoms with E-state index >= 15 is 0 Å². The SMILES string of the molecule is C[C@@H]1c2nc(C(=O)N(C)C)cn2CCN1C(=O)CC1CC1.